The number of ether oxygens (including phenoxy) is 1. The summed E-state index contributed by atoms with van der Waals surface area (Å²) in [7, 11) is 1.65. The summed E-state index contributed by atoms with van der Waals surface area (Å²) in [4.78, 5) is 12.4. The van der Waals surface area contributed by atoms with Gasteiger partial charge in [-0.15, -0.1) is 17.5 Å². The Labute approximate surface area is 159 Å². The smallest absolute Gasteiger partial charge is 0.273 e. The summed E-state index contributed by atoms with van der Waals surface area (Å²) in [6, 6.07) is 8.18. The number of carbonyl (C=O) groups excluding carboxylic acids is 1. The number of nitrogens with one attached hydrogen (secondary N) is 2. The normalized spacial score (nSPS) is 14.5. The Morgan fingerprint density at radius 1 is 1.31 bits per heavy atom. The third kappa shape index (κ3) is 4.74. The lowest BCUT2D eigenvalue weighted by atomic mass is 10.1. The van der Waals surface area contributed by atoms with Crippen LogP contribution in [-0.2, 0) is 6.42 Å². The van der Waals surface area contributed by atoms with Gasteiger partial charge in [-0.1, -0.05) is 17.3 Å². The van der Waals surface area contributed by atoms with Gasteiger partial charge in [0.25, 0.3) is 5.91 Å². The van der Waals surface area contributed by atoms with E-state index in [9.17, 15) is 4.79 Å². The Hall–Kier alpha value is -2.12. The summed E-state index contributed by atoms with van der Waals surface area (Å²) in [6.45, 7) is 4.44. The standard InChI is InChI=1S/C18H25N5O2.ClH/c1-13-17(21-22-23(13)15-8-10-19-11-9-15)18(24)20-12-7-14-3-5-16(25-2)6-4-14;/h3-6,15,19H,7-12H2,1-2H3,(H,20,24);1H. The van der Waals surface area contributed by atoms with Crippen LogP contribution in [0.15, 0.2) is 24.3 Å². The Morgan fingerprint density at radius 3 is 2.65 bits per heavy atom. The molecule has 1 aliphatic heterocycles. The van der Waals surface area contributed by atoms with Gasteiger partial charge in [0.15, 0.2) is 5.69 Å². The zero-order valence-corrected chi connectivity index (χ0v) is 16.0. The minimum Gasteiger partial charge on any atom is -0.497 e. The number of hydrogen-bond acceptors (Lipinski definition) is 5. The van der Waals surface area contributed by atoms with Crippen molar-refractivity contribution in [3.05, 3.63) is 41.2 Å². The largest absolute Gasteiger partial charge is 0.497 e. The summed E-state index contributed by atoms with van der Waals surface area (Å²) < 4.78 is 7.05. The minimum atomic E-state index is -0.161. The van der Waals surface area contributed by atoms with Crippen molar-refractivity contribution in [2.24, 2.45) is 0 Å². The van der Waals surface area contributed by atoms with Crippen molar-refractivity contribution in [2.75, 3.05) is 26.7 Å². The molecule has 1 saturated heterocycles. The molecule has 8 heteroatoms. The molecule has 2 heterocycles. The molecule has 0 bridgehead atoms. The number of benzene rings is 1. The number of rotatable bonds is 6. The SMILES string of the molecule is COc1ccc(CCNC(=O)c2nnn(C3CCNCC3)c2C)cc1.Cl. The first-order valence-electron chi connectivity index (χ1n) is 8.72. The van der Waals surface area contributed by atoms with Gasteiger partial charge in [-0.2, -0.15) is 0 Å². The second-order valence-corrected chi connectivity index (χ2v) is 6.30. The van der Waals surface area contributed by atoms with Crippen LogP contribution in [0.5, 0.6) is 5.75 Å². The maximum atomic E-state index is 12.4. The van der Waals surface area contributed by atoms with Gasteiger partial charge < -0.3 is 15.4 Å². The number of aromatic nitrogens is 3. The molecule has 0 saturated carbocycles. The monoisotopic (exact) mass is 379 g/mol. The number of halogens is 1. The van der Waals surface area contributed by atoms with E-state index in [1.54, 1.807) is 7.11 Å². The third-order valence-electron chi connectivity index (χ3n) is 4.66. The van der Waals surface area contributed by atoms with E-state index >= 15 is 0 Å². The Morgan fingerprint density at radius 2 is 2.00 bits per heavy atom. The van der Waals surface area contributed by atoms with Gasteiger partial charge in [-0.05, 0) is 57.0 Å². The molecule has 0 radical (unpaired) electrons. The van der Waals surface area contributed by atoms with Crippen LogP contribution in [0, 0.1) is 6.92 Å². The zero-order valence-electron chi connectivity index (χ0n) is 15.2. The number of carbonyl (C=O) groups is 1. The molecule has 2 N–H and O–H groups in total. The van der Waals surface area contributed by atoms with Gasteiger partial charge in [-0.3, -0.25) is 4.79 Å². The molecule has 7 nitrogen and oxygen atoms in total. The van der Waals surface area contributed by atoms with Gasteiger partial charge in [-0.25, -0.2) is 4.68 Å². The first-order valence-corrected chi connectivity index (χ1v) is 8.72. The van der Waals surface area contributed by atoms with E-state index in [-0.39, 0.29) is 18.3 Å². The summed E-state index contributed by atoms with van der Waals surface area (Å²) in [6.07, 6.45) is 2.79. The molecule has 1 aromatic heterocycles. The molecule has 1 aliphatic rings. The highest BCUT2D eigenvalue weighted by Crippen LogP contribution is 2.20. The fraction of sp³-hybridized carbons (Fsp3) is 0.500. The van der Waals surface area contributed by atoms with E-state index in [0.29, 0.717) is 18.3 Å². The molecule has 0 atom stereocenters. The Kier molecular flexibility index (Phi) is 7.41. The van der Waals surface area contributed by atoms with E-state index in [2.05, 4.69) is 20.9 Å². The molecule has 1 fully saturated rings. The van der Waals surface area contributed by atoms with Crippen LogP contribution >= 0.6 is 12.4 Å². The van der Waals surface area contributed by atoms with Gasteiger partial charge in [0, 0.05) is 6.54 Å². The lowest BCUT2D eigenvalue weighted by Crippen LogP contribution is -2.30. The molecular formula is C18H26ClN5O2. The Balaban J connectivity index is 0.00000243. The van der Waals surface area contributed by atoms with Crippen LogP contribution < -0.4 is 15.4 Å². The van der Waals surface area contributed by atoms with Gasteiger partial charge in [0.05, 0.1) is 18.8 Å². The number of hydrogen-bond donors (Lipinski definition) is 2. The molecule has 1 aromatic carbocycles. The van der Waals surface area contributed by atoms with Gasteiger partial charge >= 0.3 is 0 Å². The average molecular weight is 380 g/mol. The lowest BCUT2D eigenvalue weighted by molar-refractivity contribution is 0.0948. The van der Waals surface area contributed by atoms with Crippen LogP contribution in [0.25, 0.3) is 0 Å². The predicted molar refractivity (Wildman–Crippen MR) is 102 cm³/mol. The fourth-order valence-corrected chi connectivity index (χ4v) is 3.15. The van der Waals surface area contributed by atoms with Crippen molar-refractivity contribution >= 4 is 18.3 Å². The number of nitrogens with zero attached hydrogens (tertiary/aromatic N) is 3. The molecule has 0 spiro atoms. The maximum absolute atomic E-state index is 12.4. The van der Waals surface area contributed by atoms with Crippen molar-refractivity contribution in [1.82, 2.24) is 25.6 Å². The van der Waals surface area contributed by atoms with E-state index in [1.807, 2.05) is 35.9 Å². The second-order valence-electron chi connectivity index (χ2n) is 6.30. The molecule has 3 rings (SSSR count). The third-order valence-corrected chi connectivity index (χ3v) is 4.66. The van der Waals surface area contributed by atoms with E-state index in [4.69, 9.17) is 4.74 Å². The van der Waals surface area contributed by atoms with Crippen LogP contribution in [0.2, 0.25) is 0 Å². The highest BCUT2D eigenvalue weighted by Gasteiger charge is 2.22. The molecular weight excluding hydrogens is 354 g/mol. The first kappa shape index (κ1) is 20.2. The Bertz CT molecular complexity index is 711. The maximum Gasteiger partial charge on any atom is 0.273 e. The summed E-state index contributed by atoms with van der Waals surface area (Å²) >= 11 is 0. The number of piperidine rings is 1. The topological polar surface area (TPSA) is 81.1 Å². The zero-order chi connectivity index (χ0) is 17.6. The molecule has 0 aliphatic carbocycles. The first-order chi connectivity index (χ1) is 12.2. The predicted octanol–water partition coefficient (Wildman–Crippen LogP) is 1.91. The summed E-state index contributed by atoms with van der Waals surface area (Å²) in [5, 5.41) is 14.6. The lowest BCUT2D eigenvalue weighted by Gasteiger charge is -2.23. The molecule has 0 unspecified atom stereocenters. The number of methoxy groups -OCH3 is 1. The van der Waals surface area contributed by atoms with Crippen LogP contribution in [0.3, 0.4) is 0 Å². The molecule has 142 valence electrons. The van der Waals surface area contributed by atoms with Gasteiger partial charge in [0.2, 0.25) is 0 Å². The van der Waals surface area contributed by atoms with Crippen molar-refractivity contribution in [2.45, 2.75) is 32.2 Å². The van der Waals surface area contributed by atoms with Crippen molar-refractivity contribution < 1.29 is 9.53 Å². The fourth-order valence-electron chi connectivity index (χ4n) is 3.15. The summed E-state index contributed by atoms with van der Waals surface area (Å²) in [5.74, 6) is 0.670. The van der Waals surface area contributed by atoms with Crippen LogP contribution in [-0.4, -0.2) is 47.6 Å². The second kappa shape index (κ2) is 9.54. The van der Waals surface area contributed by atoms with Gasteiger partial charge in [0.1, 0.15) is 5.75 Å². The average Bonchev–Trinajstić information content (AvgIpc) is 3.04. The molecule has 2 aromatic rings. The van der Waals surface area contributed by atoms with Crippen LogP contribution in [0.4, 0.5) is 0 Å². The van der Waals surface area contributed by atoms with Crippen molar-refractivity contribution in [3.8, 4) is 5.75 Å². The molecule has 26 heavy (non-hydrogen) atoms. The van der Waals surface area contributed by atoms with E-state index < -0.39 is 0 Å². The van der Waals surface area contributed by atoms with E-state index in [1.165, 1.54) is 0 Å². The van der Waals surface area contributed by atoms with Crippen LogP contribution in [0.1, 0.15) is 40.6 Å². The van der Waals surface area contributed by atoms with Crippen molar-refractivity contribution in [1.29, 1.82) is 0 Å². The quantitative estimate of drug-likeness (QED) is 0.801. The van der Waals surface area contributed by atoms with Crippen molar-refractivity contribution in [3.63, 3.8) is 0 Å². The highest BCUT2D eigenvalue weighted by atomic mass is 35.5. The summed E-state index contributed by atoms with van der Waals surface area (Å²) in [5.41, 5.74) is 2.42. The highest BCUT2D eigenvalue weighted by molar-refractivity contribution is 5.93. The van der Waals surface area contributed by atoms with E-state index in [0.717, 1.165) is 49.4 Å². The minimum absolute atomic E-state index is 0. The molecule has 1 amide bonds. The number of amides is 1.